The monoisotopic (exact) mass is 246 g/mol. The van der Waals surface area contributed by atoms with E-state index in [0.29, 0.717) is 5.56 Å². The number of hydrogen-bond donors (Lipinski definition) is 1. The Morgan fingerprint density at radius 3 is 2.44 bits per heavy atom. The molecule has 1 rings (SSSR count). The number of carboxylic acid groups (broad SMARTS) is 1. The van der Waals surface area contributed by atoms with Crippen LogP contribution >= 0.6 is 0 Å². The Morgan fingerprint density at radius 2 is 2.06 bits per heavy atom. The maximum Gasteiger partial charge on any atom is 0.323 e. The standard InChI is InChI=1S/C14H18N2O2/c1-10-7-12(6-5-11(10)8-15)16(9-13(17)18)14(2,3)4/h5-7H,9H2,1-4H3,(H,17,18). The summed E-state index contributed by atoms with van der Waals surface area (Å²) >= 11 is 0. The summed E-state index contributed by atoms with van der Waals surface area (Å²) < 4.78 is 0. The number of anilines is 1. The summed E-state index contributed by atoms with van der Waals surface area (Å²) in [4.78, 5) is 12.8. The molecule has 0 heterocycles. The van der Waals surface area contributed by atoms with Crippen LogP contribution in [0.1, 0.15) is 31.9 Å². The van der Waals surface area contributed by atoms with Crippen molar-refractivity contribution in [3.05, 3.63) is 29.3 Å². The van der Waals surface area contributed by atoms with E-state index in [-0.39, 0.29) is 12.1 Å². The lowest BCUT2D eigenvalue weighted by Crippen LogP contribution is -2.44. The van der Waals surface area contributed by atoms with Crippen LogP contribution in [-0.2, 0) is 4.79 Å². The van der Waals surface area contributed by atoms with Crippen LogP contribution in [0.5, 0.6) is 0 Å². The molecule has 0 aliphatic heterocycles. The van der Waals surface area contributed by atoms with Crippen LogP contribution in [0.25, 0.3) is 0 Å². The third kappa shape index (κ3) is 3.24. The lowest BCUT2D eigenvalue weighted by molar-refractivity contribution is -0.135. The van der Waals surface area contributed by atoms with Crippen molar-refractivity contribution in [2.75, 3.05) is 11.4 Å². The molecule has 0 aliphatic carbocycles. The molecule has 0 bridgehead atoms. The second-order valence-corrected chi connectivity index (χ2v) is 5.26. The smallest absolute Gasteiger partial charge is 0.323 e. The molecule has 0 atom stereocenters. The number of aliphatic carboxylic acids is 1. The molecule has 0 radical (unpaired) electrons. The molecular formula is C14H18N2O2. The minimum absolute atomic E-state index is 0.0607. The number of benzene rings is 1. The van der Waals surface area contributed by atoms with E-state index >= 15 is 0 Å². The number of aryl methyl sites for hydroxylation is 1. The molecule has 0 saturated carbocycles. The maximum absolute atomic E-state index is 10.9. The van der Waals surface area contributed by atoms with Gasteiger partial charge in [0.25, 0.3) is 0 Å². The molecule has 0 aliphatic rings. The van der Waals surface area contributed by atoms with Gasteiger partial charge in [0.15, 0.2) is 0 Å². The van der Waals surface area contributed by atoms with Gasteiger partial charge in [0, 0.05) is 11.2 Å². The van der Waals surface area contributed by atoms with E-state index in [9.17, 15) is 4.79 Å². The highest BCUT2D eigenvalue weighted by Crippen LogP contribution is 2.25. The predicted octanol–water partition coefficient (Wildman–Crippen LogP) is 2.56. The average molecular weight is 246 g/mol. The van der Waals surface area contributed by atoms with E-state index in [1.807, 2.05) is 38.7 Å². The molecule has 96 valence electrons. The zero-order valence-corrected chi connectivity index (χ0v) is 11.2. The number of carboxylic acids is 1. The highest BCUT2D eigenvalue weighted by atomic mass is 16.4. The third-order valence-corrected chi connectivity index (χ3v) is 2.75. The SMILES string of the molecule is Cc1cc(N(CC(=O)O)C(C)(C)C)ccc1C#N. The quantitative estimate of drug-likeness (QED) is 0.890. The van der Waals surface area contributed by atoms with E-state index in [0.717, 1.165) is 11.3 Å². The summed E-state index contributed by atoms with van der Waals surface area (Å²) in [5, 5.41) is 17.9. The van der Waals surface area contributed by atoms with Crippen LogP contribution in [0.4, 0.5) is 5.69 Å². The molecule has 4 heteroatoms. The Morgan fingerprint density at radius 1 is 1.44 bits per heavy atom. The van der Waals surface area contributed by atoms with Gasteiger partial charge in [-0.15, -0.1) is 0 Å². The topological polar surface area (TPSA) is 64.3 Å². The van der Waals surface area contributed by atoms with Crippen molar-refractivity contribution < 1.29 is 9.90 Å². The van der Waals surface area contributed by atoms with Crippen molar-refractivity contribution in [1.29, 1.82) is 5.26 Å². The Hall–Kier alpha value is -2.02. The van der Waals surface area contributed by atoms with Crippen LogP contribution in [0, 0.1) is 18.3 Å². The van der Waals surface area contributed by atoms with Crippen molar-refractivity contribution in [3.8, 4) is 6.07 Å². The second-order valence-electron chi connectivity index (χ2n) is 5.26. The summed E-state index contributed by atoms with van der Waals surface area (Å²) in [5.74, 6) is -0.869. The first kappa shape index (κ1) is 14.0. The molecule has 4 nitrogen and oxygen atoms in total. The predicted molar refractivity (Wildman–Crippen MR) is 70.6 cm³/mol. The lowest BCUT2D eigenvalue weighted by atomic mass is 10.0. The summed E-state index contributed by atoms with van der Waals surface area (Å²) in [6.07, 6.45) is 0. The molecular weight excluding hydrogens is 228 g/mol. The zero-order valence-electron chi connectivity index (χ0n) is 11.2. The Bertz CT molecular complexity index is 495. The minimum Gasteiger partial charge on any atom is -0.480 e. The number of nitrogens with zero attached hydrogens (tertiary/aromatic N) is 2. The molecule has 18 heavy (non-hydrogen) atoms. The van der Waals surface area contributed by atoms with E-state index in [4.69, 9.17) is 10.4 Å². The number of nitriles is 1. The molecule has 1 aromatic carbocycles. The van der Waals surface area contributed by atoms with Gasteiger partial charge in [0.1, 0.15) is 6.54 Å². The van der Waals surface area contributed by atoms with Crippen LogP contribution < -0.4 is 4.90 Å². The van der Waals surface area contributed by atoms with E-state index in [1.54, 1.807) is 12.1 Å². The first-order valence-electron chi connectivity index (χ1n) is 5.76. The van der Waals surface area contributed by atoms with Gasteiger partial charge in [0.2, 0.25) is 0 Å². The molecule has 0 fully saturated rings. The molecule has 0 aromatic heterocycles. The van der Waals surface area contributed by atoms with Crippen molar-refractivity contribution in [2.45, 2.75) is 33.2 Å². The van der Waals surface area contributed by atoms with Crippen LogP contribution in [0.3, 0.4) is 0 Å². The van der Waals surface area contributed by atoms with Crippen molar-refractivity contribution >= 4 is 11.7 Å². The number of hydrogen-bond acceptors (Lipinski definition) is 3. The first-order valence-corrected chi connectivity index (χ1v) is 5.76. The van der Waals surface area contributed by atoms with Gasteiger partial charge < -0.3 is 10.0 Å². The molecule has 0 amide bonds. The van der Waals surface area contributed by atoms with Gasteiger partial charge in [-0.2, -0.15) is 5.26 Å². The first-order chi connectivity index (χ1) is 8.25. The number of carbonyl (C=O) groups is 1. The molecule has 1 N–H and O–H groups in total. The minimum atomic E-state index is -0.869. The average Bonchev–Trinajstić information content (AvgIpc) is 2.24. The van der Waals surface area contributed by atoms with Gasteiger partial charge in [-0.25, -0.2) is 0 Å². The zero-order chi connectivity index (χ0) is 13.9. The van der Waals surface area contributed by atoms with Crippen LogP contribution in [0.2, 0.25) is 0 Å². The van der Waals surface area contributed by atoms with Gasteiger partial charge in [-0.3, -0.25) is 4.79 Å². The normalized spacial score (nSPS) is 10.8. The van der Waals surface area contributed by atoms with Gasteiger partial charge in [-0.1, -0.05) is 0 Å². The van der Waals surface area contributed by atoms with Crippen LogP contribution in [-0.4, -0.2) is 23.2 Å². The Balaban J connectivity index is 3.18. The Kier molecular flexibility index (Phi) is 3.97. The largest absolute Gasteiger partial charge is 0.480 e. The summed E-state index contributed by atoms with van der Waals surface area (Å²) in [7, 11) is 0. The lowest BCUT2D eigenvalue weighted by Gasteiger charge is -2.36. The second kappa shape index (κ2) is 5.09. The third-order valence-electron chi connectivity index (χ3n) is 2.75. The highest BCUT2D eigenvalue weighted by molar-refractivity contribution is 5.74. The van der Waals surface area contributed by atoms with E-state index in [2.05, 4.69) is 6.07 Å². The molecule has 1 aromatic rings. The summed E-state index contributed by atoms with van der Waals surface area (Å²) in [6.45, 7) is 7.68. The van der Waals surface area contributed by atoms with Crippen molar-refractivity contribution in [2.24, 2.45) is 0 Å². The summed E-state index contributed by atoms with van der Waals surface area (Å²) in [5.41, 5.74) is 2.00. The van der Waals surface area contributed by atoms with E-state index < -0.39 is 5.97 Å². The fourth-order valence-corrected chi connectivity index (χ4v) is 1.79. The fraction of sp³-hybridized carbons (Fsp3) is 0.429. The Labute approximate surface area is 107 Å². The van der Waals surface area contributed by atoms with E-state index in [1.165, 1.54) is 0 Å². The van der Waals surface area contributed by atoms with Gasteiger partial charge >= 0.3 is 5.97 Å². The summed E-state index contributed by atoms with van der Waals surface area (Å²) in [6, 6.07) is 7.48. The highest BCUT2D eigenvalue weighted by Gasteiger charge is 2.24. The molecule has 0 saturated heterocycles. The maximum atomic E-state index is 10.9. The van der Waals surface area contributed by atoms with Gasteiger partial charge in [0.05, 0.1) is 11.6 Å². The molecule has 0 unspecified atom stereocenters. The fourth-order valence-electron chi connectivity index (χ4n) is 1.79. The van der Waals surface area contributed by atoms with Crippen molar-refractivity contribution in [3.63, 3.8) is 0 Å². The number of rotatable bonds is 3. The van der Waals surface area contributed by atoms with Crippen molar-refractivity contribution in [1.82, 2.24) is 0 Å². The molecule has 0 spiro atoms. The van der Waals surface area contributed by atoms with Crippen LogP contribution in [0.15, 0.2) is 18.2 Å². The van der Waals surface area contributed by atoms with Gasteiger partial charge in [-0.05, 0) is 51.5 Å².